The van der Waals surface area contributed by atoms with Gasteiger partial charge in [-0.3, -0.25) is 9.78 Å². The van der Waals surface area contributed by atoms with Gasteiger partial charge in [0.25, 0.3) is 5.91 Å². The van der Waals surface area contributed by atoms with Crippen molar-refractivity contribution in [2.24, 2.45) is 0 Å². The molecule has 184 valence electrons. The molecule has 0 unspecified atom stereocenters. The van der Waals surface area contributed by atoms with Crippen molar-refractivity contribution >= 4 is 21.8 Å². The number of oxazole rings is 1. The van der Waals surface area contributed by atoms with Crippen LogP contribution in [0.3, 0.4) is 0 Å². The highest BCUT2D eigenvalue weighted by Crippen LogP contribution is 2.26. The van der Waals surface area contributed by atoms with E-state index in [1.165, 1.54) is 4.90 Å². The lowest BCUT2D eigenvalue weighted by Gasteiger charge is -2.29. The van der Waals surface area contributed by atoms with E-state index in [9.17, 15) is 18.0 Å². The molecule has 10 nitrogen and oxygen atoms in total. The maximum atomic E-state index is 12.9. The van der Waals surface area contributed by atoms with Gasteiger partial charge < -0.3 is 19.7 Å². The van der Waals surface area contributed by atoms with Crippen molar-refractivity contribution in [2.75, 3.05) is 13.1 Å². The van der Waals surface area contributed by atoms with E-state index in [2.05, 4.69) is 15.3 Å². The summed E-state index contributed by atoms with van der Waals surface area (Å²) in [5, 5.41) is 11.3. The van der Waals surface area contributed by atoms with Gasteiger partial charge in [-0.1, -0.05) is 6.07 Å². The third kappa shape index (κ3) is 5.86. The molecule has 1 aliphatic heterocycles. The average molecular weight is 499 g/mol. The molecule has 1 saturated heterocycles. The maximum Gasteiger partial charge on any atom is 0.407 e. The number of amides is 2. The lowest BCUT2D eigenvalue weighted by Crippen LogP contribution is -2.42. The average Bonchev–Trinajstić information content (AvgIpc) is 3.22. The summed E-state index contributed by atoms with van der Waals surface area (Å²) < 4.78 is 31.6. The molecule has 35 heavy (non-hydrogen) atoms. The molecule has 0 radical (unpaired) electrons. The molecule has 2 amide bonds. The molecular weight excluding hydrogens is 472 g/mol. The zero-order chi connectivity index (χ0) is 25.0. The first-order valence-electron chi connectivity index (χ1n) is 11.2. The molecule has 1 aliphatic rings. The number of rotatable bonds is 7. The van der Waals surface area contributed by atoms with Crippen molar-refractivity contribution < 1.29 is 27.5 Å². The summed E-state index contributed by atoms with van der Waals surface area (Å²) in [5.74, 6) is 0.180. The first kappa shape index (κ1) is 24.4. The number of nitrogens with zero attached hydrogens (tertiary/aromatic N) is 3. The number of pyridine rings is 1. The lowest BCUT2D eigenvalue weighted by atomic mass is 10.1. The van der Waals surface area contributed by atoms with Gasteiger partial charge in [0.2, 0.25) is 5.89 Å². The number of likely N-dealkylation sites (tertiary alicyclic amines) is 1. The van der Waals surface area contributed by atoms with Gasteiger partial charge in [-0.05, 0) is 55.7 Å². The van der Waals surface area contributed by atoms with Gasteiger partial charge in [-0.25, -0.2) is 18.2 Å². The molecule has 0 saturated carbocycles. The predicted octanol–water partition coefficient (Wildman–Crippen LogP) is 3.03. The van der Waals surface area contributed by atoms with Crippen molar-refractivity contribution in [3.05, 3.63) is 71.4 Å². The number of aryl methyl sites for hydroxylation is 1. The van der Waals surface area contributed by atoms with Crippen molar-refractivity contribution in [2.45, 2.75) is 37.3 Å². The Morgan fingerprint density at radius 1 is 1.17 bits per heavy atom. The fourth-order valence-corrected chi connectivity index (χ4v) is 5.77. The quantitative estimate of drug-likeness (QED) is 0.506. The summed E-state index contributed by atoms with van der Waals surface area (Å²) in [7, 11) is -3.52. The van der Waals surface area contributed by atoms with Gasteiger partial charge in [0.05, 0.1) is 16.7 Å². The highest BCUT2D eigenvalue weighted by molar-refractivity contribution is 7.91. The number of benzene rings is 1. The fraction of sp³-hybridized carbons (Fsp3) is 0.333. The van der Waals surface area contributed by atoms with E-state index in [1.807, 2.05) is 6.07 Å². The number of carbonyl (C=O) groups is 2. The van der Waals surface area contributed by atoms with Crippen molar-refractivity contribution in [3.63, 3.8) is 0 Å². The number of carbonyl (C=O) groups excluding carboxylic acids is 1. The molecule has 11 heteroatoms. The van der Waals surface area contributed by atoms with E-state index >= 15 is 0 Å². The second-order valence-electron chi connectivity index (χ2n) is 8.42. The summed E-state index contributed by atoms with van der Waals surface area (Å²) in [6.07, 6.45) is 2.85. The molecule has 3 aromatic rings. The largest absolute Gasteiger partial charge is 0.465 e. The molecule has 2 aromatic heterocycles. The van der Waals surface area contributed by atoms with Gasteiger partial charge in [0.1, 0.15) is 5.76 Å². The fourth-order valence-electron chi connectivity index (χ4n) is 3.95. The monoisotopic (exact) mass is 498 g/mol. The van der Waals surface area contributed by atoms with Crippen LogP contribution in [0.5, 0.6) is 0 Å². The minimum absolute atomic E-state index is 0.199. The number of piperidine rings is 1. The molecule has 3 heterocycles. The van der Waals surface area contributed by atoms with Crippen LogP contribution in [0.25, 0.3) is 11.5 Å². The molecule has 0 aliphatic carbocycles. The van der Waals surface area contributed by atoms with E-state index in [0.29, 0.717) is 29.1 Å². The van der Waals surface area contributed by atoms with Crippen LogP contribution in [0.2, 0.25) is 0 Å². The Hall–Kier alpha value is -3.73. The molecule has 1 fully saturated rings. The van der Waals surface area contributed by atoms with Crippen LogP contribution in [0.1, 0.15) is 40.2 Å². The SMILES string of the molecule is Cc1oc(-c2ccc(C(=O)NCc3cccnc3)cc2)nc1CS(=O)(=O)C1CCN(C(=O)O)CC1. The van der Waals surface area contributed by atoms with Crippen LogP contribution in [0, 0.1) is 6.92 Å². The first-order valence-corrected chi connectivity index (χ1v) is 12.9. The molecule has 1 aromatic carbocycles. The number of carboxylic acid groups (broad SMARTS) is 1. The van der Waals surface area contributed by atoms with Crippen LogP contribution in [0.15, 0.2) is 53.2 Å². The second-order valence-corrected chi connectivity index (χ2v) is 10.7. The minimum Gasteiger partial charge on any atom is -0.465 e. The van der Waals surface area contributed by atoms with Crippen LogP contribution in [-0.2, 0) is 22.1 Å². The predicted molar refractivity (Wildman–Crippen MR) is 127 cm³/mol. The van der Waals surface area contributed by atoms with Gasteiger partial charge in [-0.2, -0.15) is 0 Å². The van der Waals surface area contributed by atoms with Crippen molar-refractivity contribution in [1.82, 2.24) is 20.2 Å². The van der Waals surface area contributed by atoms with E-state index in [-0.39, 0.29) is 43.5 Å². The van der Waals surface area contributed by atoms with Gasteiger partial charge in [0.15, 0.2) is 9.84 Å². The maximum absolute atomic E-state index is 12.9. The smallest absolute Gasteiger partial charge is 0.407 e. The van der Waals surface area contributed by atoms with Crippen LogP contribution < -0.4 is 5.32 Å². The zero-order valence-electron chi connectivity index (χ0n) is 19.2. The highest BCUT2D eigenvalue weighted by Gasteiger charge is 2.33. The molecular formula is C24H26N4O6S. The van der Waals surface area contributed by atoms with Crippen LogP contribution >= 0.6 is 0 Å². The van der Waals surface area contributed by atoms with Gasteiger partial charge in [0, 0.05) is 43.2 Å². The van der Waals surface area contributed by atoms with E-state index in [0.717, 1.165) is 5.56 Å². The Labute approximate surface area is 202 Å². The number of nitrogens with one attached hydrogen (secondary N) is 1. The molecule has 2 N–H and O–H groups in total. The third-order valence-corrected chi connectivity index (χ3v) is 8.18. The topological polar surface area (TPSA) is 143 Å². The number of aromatic nitrogens is 2. The Kier molecular flexibility index (Phi) is 7.15. The normalized spacial score (nSPS) is 14.6. The number of hydrogen-bond acceptors (Lipinski definition) is 7. The van der Waals surface area contributed by atoms with E-state index < -0.39 is 21.2 Å². The summed E-state index contributed by atoms with van der Waals surface area (Å²) >= 11 is 0. The minimum atomic E-state index is -3.52. The second kappa shape index (κ2) is 10.3. The Bertz CT molecular complexity index is 1300. The number of hydrogen-bond donors (Lipinski definition) is 2. The Morgan fingerprint density at radius 2 is 1.89 bits per heavy atom. The Morgan fingerprint density at radius 3 is 2.51 bits per heavy atom. The summed E-state index contributed by atoms with van der Waals surface area (Å²) in [4.78, 5) is 33.1. The van der Waals surface area contributed by atoms with Gasteiger partial charge in [-0.15, -0.1) is 0 Å². The Balaban J connectivity index is 1.39. The zero-order valence-corrected chi connectivity index (χ0v) is 20.0. The summed E-state index contributed by atoms with van der Waals surface area (Å²) in [6.45, 7) is 2.42. The molecule has 0 spiro atoms. The highest BCUT2D eigenvalue weighted by atomic mass is 32.2. The van der Waals surface area contributed by atoms with Crippen molar-refractivity contribution in [3.8, 4) is 11.5 Å². The molecule has 0 bridgehead atoms. The number of sulfone groups is 1. The summed E-state index contributed by atoms with van der Waals surface area (Å²) in [6, 6.07) is 10.4. The standard InChI is InChI=1S/C24H26N4O6S/c1-16-21(15-35(32,33)20-8-11-28(12-9-20)24(30)31)27-23(34-16)19-6-4-18(5-7-19)22(29)26-14-17-3-2-10-25-13-17/h2-7,10,13,20H,8-9,11-12,14-15H2,1H3,(H,26,29)(H,30,31). The van der Waals surface area contributed by atoms with Crippen LogP contribution in [0.4, 0.5) is 4.79 Å². The molecule has 0 atom stereocenters. The van der Waals surface area contributed by atoms with E-state index in [1.54, 1.807) is 49.6 Å². The van der Waals surface area contributed by atoms with Gasteiger partial charge >= 0.3 is 6.09 Å². The first-order chi connectivity index (χ1) is 16.7. The lowest BCUT2D eigenvalue weighted by molar-refractivity contribution is 0.0950. The van der Waals surface area contributed by atoms with Crippen LogP contribution in [-0.4, -0.2) is 58.7 Å². The van der Waals surface area contributed by atoms with Crippen molar-refractivity contribution in [1.29, 1.82) is 0 Å². The van der Waals surface area contributed by atoms with E-state index in [4.69, 9.17) is 9.52 Å². The third-order valence-electron chi connectivity index (χ3n) is 6.02. The summed E-state index contributed by atoms with van der Waals surface area (Å²) in [5.41, 5.74) is 2.31. The molecule has 4 rings (SSSR count).